The Labute approximate surface area is 139 Å². The molecule has 0 saturated carbocycles. The topological polar surface area (TPSA) is 49.3 Å². The lowest BCUT2D eigenvalue weighted by Gasteiger charge is -2.13. The maximum atomic E-state index is 12.8. The van der Waals surface area contributed by atoms with Crippen LogP contribution >= 0.6 is 11.8 Å². The number of carbonyl (C=O) groups is 1. The van der Waals surface area contributed by atoms with Gasteiger partial charge in [-0.3, -0.25) is 4.79 Å². The summed E-state index contributed by atoms with van der Waals surface area (Å²) in [7, 11) is 0. The SMILES string of the molecule is CC(CSc1ccc(F)cc1)C(=O)NCc1ccccc1CO. The van der Waals surface area contributed by atoms with Gasteiger partial charge in [-0.2, -0.15) is 0 Å². The summed E-state index contributed by atoms with van der Waals surface area (Å²) in [6.45, 7) is 2.23. The summed E-state index contributed by atoms with van der Waals surface area (Å²) in [5.74, 6) is 0.167. The number of hydrogen-bond donors (Lipinski definition) is 2. The van der Waals surface area contributed by atoms with Crippen LogP contribution in [0.3, 0.4) is 0 Å². The molecule has 0 saturated heterocycles. The standard InChI is InChI=1S/C18H20FNO2S/c1-13(12-23-17-8-6-16(19)7-9-17)18(22)20-10-14-4-2-3-5-15(14)11-21/h2-9,13,21H,10-12H2,1H3,(H,20,22). The van der Waals surface area contributed by atoms with Gasteiger partial charge in [0.1, 0.15) is 5.82 Å². The first-order valence-corrected chi connectivity index (χ1v) is 8.42. The first-order chi connectivity index (χ1) is 11.1. The summed E-state index contributed by atoms with van der Waals surface area (Å²) < 4.78 is 12.8. The number of halogens is 1. The van der Waals surface area contributed by atoms with Crippen molar-refractivity contribution in [3.8, 4) is 0 Å². The van der Waals surface area contributed by atoms with Gasteiger partial charge in [0.2, 0.25) is 5.91 Å². The number of aliphatic hydroxyl groups excluding tert-OH is 1. The molecule has 2 rings (SSSR count). The monoisotopic (exact) mass is 333 g/mol. The van der Waals surface area contributed by atoms with Gasteiger partial charge in [0.15, 0.2) is 0 Å². The average Bonchev–Trinajstić information content (AvgIpc) is 2.59. The zero-order valence-corrected chi connectivity index (χ0v) is 13.8. The van der Waals surface area contributed by atoms with Crippen molar-refractivity contribution in [1.29, 1.82) is 0 Å². The molecule has 1 atom stereocenters. The molecule has 0 aliphatic heterocycles. The van der Waals surface area contributed by atoms with E-state index >= 15 is 0 Å². The van der Waals surface area contributed by atoms with Crippen LogP contribution in [0.2, 0.25) is 0 Å². The number of hydrogen-bond acceptors (Lipinski definition) is 3. The Morgan fingerprint density at radius 3 is 2.48 bits per heavy atom. The zero-order chi connectivity index (χ0) is 16.7. The van der Waals surface area contributed by atoms with Gasteiger partial charge in [-0.1, -0.05) is 31.2 Å². The lowest BCUT2D eigenvalue weighted by molar-refractivity contribution is -0.124. The minimum atomic E-state index is -0.261. The first-order valence-electron chi connectivity index (χ1n) is 7.44. The second kappa shape index (κ2) is 8.70. The largest absolute Gasteiger partial charge is 0.392 e. The molecule has 0 aliphatic carbocycles. The fourth-order valence-electron chi connectivity index (χ4n) is 2.07. The van der Waals surface area contributed by atoms with Gasteiger partial charge in [-0.25, -0.2) is 4.39 Å². The minimum absolute atomic E-state index is 0.0349. The predicted octanol–water partition coefficient (Wildman–Crippen LogP) is 3.36. The summed E-state index contributed by atoms with van der Waals surface area (Å²) in [4.78, 5) is 13.1. The van der Waals surface area contributed by atoms with Crippen molar-refractivity contribution in [2.45, 2.75) is 25.0 Å². The van der Waals surface area contributed by atoms with Crippen LogP contribution in [0.15, 0.2) is 53.4 Å². The third kappa shape index (κ3) is 5.37. The van der Waals surface area contributed by atoms with Crippen molar-refractivity contribution in [3.63, 3.8) is 0 Å². The molecule has 2 aromatic rings. The summed E-state index contributed by atoms with van der Waals surface area (Å²) >= 11 is 1.53. The molecule has 0 aromatic heterocycles. The lowest BCUT2D eigenvalue weighted by atomic mass is 10.1. The molecule has 3 nitrogen and oxygen atoms in total. The smallest absolute Gasteiger partial charge is 0.223 e. The van der Waals surface area contributed by atoms with Gasteiger partial charge >= 0.3 is 0 Å². The molecule has 0 heterocycles. The predicted molar refractivity (Wildman–Crippen MR) is 90.5 cm³/mol. The third-order valence-electron chi connectivity index (χ3n) is 3.50. The van der Waals surface area contributed by atoms with E-state index in [0.29, 0.717) is 12.3 Å². The number of benzene rings is 2. The van der Waals surface area contributed by atoms with Crippen LogP contribution in [0, 0.1) is 11.7 Å². The van der Waals surface area contributed by atoms with Crippen LogP contribution in [0.4, 0.5) is 4.39 Å². The van der Waals surface area contributed by atoms with Crippen LogP contribution in [0.25, 0.3) is 0 Å². The van der Waals surface area contributed by atoms with Crippen LogP contribution in [0.5, 0.6) is 0 Å². The molecule has 1 unspecified atom stereocenters. The second-order valence-electron chi connectivity index (χ2n) is 5.31. The van der Waals surface area contributed by atoms with Crippen molar-refractivity contribution in [3.05, 3.63) is 65.5 Å². The summed E-state index contributed by atoms with van der Waals surface area (Å²) in [5, 5.41) is 12.2. The number of amides is 1. The van der Waals surface area contributed by atoms with Crippen molar-refractivity contribution in [1.82, 2.24) is 5.32 Å². The molecule has 2 aromatic carbocycles. The van der Waals surface area contributed by atoms with Crippen molar-refractivity contribution >= 4 is 17.7 Å². The normalized spacial score (nSPS) is 12.0. The quantitative estimate of drug-likeness (QED) is 0.764. The number of rotatable bonds is 7. The average molecular weight is 333 g/mol. The molecule has 2 N–H and O–H groups in total. The molecule has 0 fully saturated rings. The van der Waals surface area contributed by atoms with Gasteiger partial charge in [-0.15, -0.1) is 11.8 Å². The highest BCUT2D eigenvalue weighted by atomic mass is 32.2. The van der Waals surface area contributed by atoms with E-state index < -0.39 is 0 Å². The van der Waals surface area contributed by atoms with E-state index in [-0.39, 0.29) is 24.2 Å². The molecular formula is C18H20FNO2S. The Kier molecular flexibility index (Phi) is 6.62. The van der Waals surface area contributed by atoms with E-state index in [1.54, 1.807) is 12.1 Å². The Morgan fingerprint density at radius 1 is 1.17 bits per heavy atom. The maximum absolute atomic E-state index is 12.8. The molecule has 0 spiro atoms. The first kappa shape index (κ1) is 17.5. The van der Waals surface area contributed by atoms with Crippen molar-refractivity contribution in [2.24, 2.45) is 5.92 Å². The summed E-state index contributed by atoms with van der Waals surface area (Å²) in [5.41, 5.74) is 1.74. The van der Waals surface area contributed by atoms with Crippen molar-refractivity contribution < 1.29 is 14.3 Å². The van der Waals surface area contributed by atoms with E-state index in [2.05, 4.69) is 5.32 Å². The van der Waals surface area contributed by atoms with Crippen molar-refractivity contribution in [2.75, 3.05) is 5.75 Å². The fourth-order valence-corrected chi connectivity index (χ4v) is 2.99. The highest BCUT2D eigenvalue weighted by molar-refractivity contribution is 7.99. The Balaban J connectivity index is 1.81. The third-order valence-corrected chi connectivity index (χ3v) is 4.78. The van der Waals surface area contributed by atoms with E-state index in [0.717, 1.165) is 16.0 Å². The number of nitrogens with one attached hydrogen (secondary N) is 1. The fraction of sp³-hybridized carbons (Fsp3) is 0.278. The Hall–Kier alpha value is -1.85. The zero-order valence-electron chi connectivity index (χ0n) is 13.0. The highest BCUT2D eigenvalue weighted by Crippen LogP contribution is 2.21. The number of aliphatic hydroxyl groups is 1. The van der Waals surface area contributed by atoms with E-state index in [1.807, 2.05) is 31.2 Å². The van der Waals surface area contributed by atoms with Crippen LogP contribution < -0.4 is 5.32 Å². The van der Waals surface area contributed by atoms with Gasteiger partial charge in [0.05, 0.1) is 6.61 Å². The van der Waals surface area contributed by atoms with E-state index in [4.69, 9.17) is 0 Å². The van der Waals surface area contributed by atoms with Gasteiger partial charge in [0, 0.05) is 23.1 Å². The number of thioether (sulfide) groups is 1. The van der Waals surface area contributed by atoms with Gasteiger partial charge < -0.3 is 10.4 Å². The maximum Gasteiger partial charge on any atom is 0.223 e. The molecule has 0 aliphatic rings. The lowest BCUT2D eigenvalue weighted by Crippen LogP contribution is -2.30. The Morgan fingerprint density at radius 2 is 1.83 bits per heavy atom. The molecule has 0 radical (unpaired) electrons. The van der Waals surface area contributed by atoms with Gasteiger partial charge in [-0.05, 0) is 35.4 Å². The van der Waals surface area contributed by atoms with Crippen LogP contribution in [-0.2, 0) is 17.9 Å². The molecule has 1 amide bonds. The van der Waals surface area contributed by atoms with E-state index in [1.165, 1.54) is 23.9 Å². The van der Waals surface area contributed by atoms with Crippen LogP contribution in [-0.4, -0.2) is 16.8 Å². The van der Waals surface area contributed by atoms with Gasteiger partial charge in [0.25, 0.3) is 0 Å². The Bertz CT molecular complexity index is 646. The molecule has 122 valence electrons. The summed E-state index contributed by atoms with van der Waals surface area (Å²) in [6, 6.07) is 13.7. The highest BCUT2D eigenvalue weighted by Gasteiger charge is 2.13. The van der Waals surface area contributed by atoms with E-state index in [9.17, 15) is 14.3 Å². The molecule has 23 heavy (non-hydrogen) atoms. The molecular weight excluding hydrogens is 313 g/mol. The minimum Gasteiger partial charge on any atom is -0.392 e. The molecule has 5 heteroatoms. The number of carbonyl (C=O) groups excluding carboxylic acids is 1. The molecule has 0 bridgehead atoms. The second-order valence-corrected chi connectivity index (χ2v) is 6.40. The van der Waals surface area contributed by atoms with Crippen LogP contribution in [0.1, 0.15) is 18.1 Å². The summed E-state index contributed by atoms with van der Waals surface area (Å²) in [6.07, 6.45) is 0.